The molecule has 0 unspecified atom stereocenters. The molecule has 0 spiro atoms. The van der Waals surface area contributed by atoms with Crippen molar-refractivity contribution in [3.05, 3.63) is 63.9 Å². The van der Waals surface area contributed by atoms with Crippen molar-refractivity contribution < 1.29 is 24.2 Å². The number of carbonyl (C=O) groups excluding carboxylic acids is 3. The molecule has 10 nitrogen and oxygen atoms in total. The third kappa shape index (κ3) is 3.50. The highest BCUT2D eigenvalue weighted by Crippen LogP contribution is 2.28. The van der Waals surface area contributed by atoms with Crippen molar-refractivity contribution in [2.75, 3.05) is 11.5 Å². The number of amides is 3. The van der Waals surface area contributed by atoms with E-state index in [9.17, 15) is 24.3 Å². The third-order valence-electron chi connectivity index (χ3n) is 5.16. The van der Waals surface area contributed by atoms with E-state index in [4.69, 9.17) is 4.74 Å². The van der Waals surface area contributed by atoms with Crippen molar-refractivity contribution in [3.8, 4) is 5.75 Å². The average Bonchev–Trinajstić information content (AvgIpc) is 3.07. The van der Waals surface area contributed by atoms with Gasteiger partial charge in [-0.3, -0.25) is 23.7 Å². The standard InChI is InChI=1S/C21H20N4O6/c1-21(2)20-23-16(17(28)19(30)24(20)9-10-31-21)18(29)22-11-12-5-3-4-6-13(12)25-14(26)7-8-15(25)27/h3-8,28H,9-11H2,1-2H3,(H,22,29). The molecule has 1 aromatic heterocycles. The smallest absolute Gasteiger partial charge is 0.296 e. The minimum Gasteiger partial charge on any atom is -0.501 e. The van der Waals surface area contributed by atoms with E-state index in [1.54, 1.807) is 38.1 Å². The predicted molar refractivity (Wildman–Crippen MR) is 108 cm³/mol. The summed E-state index contributed by atoms with van der Waals surface area (Å²) in [4.78, 5) is 54.6. The quantitative estimate of drug-likeness (QED) is 0.686. The highest BCUT2D eigenvalue weighted by molar-refractivity contribution is 6.28. The minimum absolute atomic E-state index is 0.0640. The number of nitrogens with zero attached hydrogens (tertiary/aromatic N) is 3. The van der Waals surface area contributed by atoms with E-state index in [0.29, 0.717) is 11.3 Å². The summed E-state index contributed by atoms with van der Waals surface area (Å²) in [6.07, 6.45) is 2.34. The summed E-state index contributed by atoms with van der Waals surface area (Å²) in [5, 5.41) is 12.9. The van der Waals surface area contributed by atoms with Gasteiger partial charge in [-0.2, -0.15) is 0 Å². The maximum absolute atomic E-state index is 12.8. The molecular formula is C21H20N4O6. The Labute approximate surface area is 176 Å². The summed E-state index contributed by atoms with van der Waals surface area (Å²) >= 11 is 0. The van der Waals surface area contributed by atoms with Crippen LogP contribution < -0.4 is 15.8 Å². The lowest BCUT2D eigenvalue weighted by atomic mass is 10.1. The maximum atomic E-state index is 12.8. The lowest BCUT2D eigenvalue weighted by Gasteiger charge is -2.32. The average molecular weight is 424 g/mol. The zero-order valence-corrected chi connectivity index (χ0v) is 16.9. The molecule has 0 aliphatic carbocycles. The molecule has 0 bridgehead atoms. The Hall–Kier alpha value is -3.79. The van der Waals surface area contributed by atoms with Gasteiger partial charge in [0.05, 0.1) is 18.8 Å². The first-order valence-electron chi connectivity index (χ1n) is 9.61. The van der Waals surface area contributed by atoms with Gasteiger partial charge in [0, 0.05) is 18.7 Å². The van der Waals surface area contributed by atoms with Crippen LogP contribution in [-0.2, 0) is 33.0 Å². The van der Waals surface area contributed by atoms with Gasteiger partial charge in [-0.1, -0.05) is 18.2 Å². The molecule has 0 atom stereocenters. The summed E-state index contributed by atoms with van der Waals surface area (Å²) in [6.45, 7) is 3.88. The topological polar surface area (TPSA) is 131 Å². The number of para-hydroxylation sites is 1. The molecule has 2 aromatic rings. The number of aromatic hydroxyl groups is 1. The molecule has 160 valence electrons. The van der Waals surface area contributed by atoms with Crippen LogP contribution >= 0.6 is 0 Å². The van der Waals surface area contributed by atoms with Gasteiger partial charge in [0.25, 0.3) is 23.3 Å². The van der Waals surface area contributed by atoms with Gasteiger partial charge in [-0.05, 0) is 25.5 Å². The zero-order chi connectivity index (χ0) is 22.3. The Morgan fingerprint density at radius 1 is 1.19 bits per heavy atom. The van der Waals surface area contributed by atoms with Gasteiger partial charge >= 0.3 is 0 Å². The fourth-order valence-electron chi connectivity index (χ4n) is 3.60. The molecular weight excluding hydrogens is 404 g/mol. The number of carbonyl (C=O) groups is 3. The van der Waals surface area contributed by atoms with E-state index in [1.807, 2.05) is 0 Å². The Morgan fingerprint density at radius 3 is 2.58 bits per heavy atom. The van der Waals surface area contributed by atoms with Crippen LogP contribution in [0.3, 0.4) is 0 Å². The van der Waals surface area contributed by atoms with Crippen LogP contribution in [0.2, 0.25) is 0 Å². The maximum Gasteiger partial charge on any atom is 0.296 e. The van der Waals surface area contributed by atoms with Crippen molar-refractivity contribution in [1.29, 1.82) is 0 Å². The highest BCUT2D eigenvalue weighted by atomic mass is 16.5. The summed E-state index contributed by atoms with van der Waals surface area (Å²) in [5.41, 5.74) is -1.20. The van der Waals surface area contributed by atoms with E-state index in [2.05, 4.69) is 10.3 Å². The Bertz CT molecular complexity index is 1180. The van der Waals surface area contributed by atoms with Gasteiger partial charge in [0.2, 0.25) is 5.75 Å². The van der Waals surface area contributed by atoms with E-state index in [0.717, 1.165) is 4.90 Å². The highest BCUT2D eigenvalue weighted by Gasteiger charge is 2.34. The molecule has 0 saturated carbocycles. The molecule has 0 saturated heterocycles. The largest absolute Gasteiger partial charge is 0.501 e. The summed E-state index contributed by atoms with van der Waals surface area (Å²) < 4.78 is 6.93. The molecule has 1 aromatic carbocycles. The lowest BCUT2D eigenvalue weighted by molar-refractivity contribution is -0.120. The van der Waals surface area contributed by atoms with Gasteiger partial charge in [-0.15, -0.1) is 0 Å². The number of hydrogen-bond donors (Lipinski definition) is 2. The van der Waals surface area contributed by atoms with Crippen LogP contribution in [0.25, 0.3) is 0 Å². The van der Waals surface area contributed by atoms with Crippen LogP contribution in [0.1, 0.15) is 35.7 Å². The number of fused-ring (bicyclic) bond motifs is 1. The van der Waals surface area contributed by atoms with Crippen molar-refractivity contribution in [2.24, 2.45) is 0 Å². The monoisotopic (exact) mass is 424 g/mol. The second kappa shape index (κ2) is 7.47. The van der Waals surface area contributed by atoms with Crippen LogP contribution in [0.4, 0.5) is 5.69 Å². The Balaban J connectivity index is 1.62. The SMILES string of the molecule is CC1(C)OCCn2c1nc(C(=O)NCc1ccccc1N1C(=O)C=CC1=O)c(O)c2=O. The summed E-state index contributed by atoms with van der Waals surface area (Å²) in [7, 11) is 0. The number of benzene rings is 1. The molecule has 4 rings (SSSR count). The van der Waals surface area contributed by atoms with Gasteiger partial charge in [0.1, 0.15) is 11.4 Å². The second-order valence-corrected chi connectivity index (χ2v) is 7.60. The fourth-order valence-corrected chi connectivity index (χ4v) is 3.60. The zero-order valence-electron chi connectivity index (χ0n) is 16.9. The van der Waals surface area contributed by atoms with Crippen LogP contribution in [0.5, 0.6) is 5.75 Å². The van der Waals surface area contributed by atoms with E-state index in [1.165, 1.54) is 16.7 Å². The molecule has 3 amide bonds. The summed E-state index contributed by atoms with van der Waals surface area (Å²) in [5.74, 6) is -2.24. The van der Waals surface area contributed by atoms with Gasteiger partial charge < -0.3 is 15.2 Å². The molecule has 2 aliphatic heterocycles. The van der Waals surface area contributed by atoms with Crippen LogP contribution in [0.15, 0.2) is 41.2 Å². The lowest BCUT2D eigenvalue weighted by Crippen LogP contribution is -2.42. The number of ether oxygens (including phenoxy) is 1. The molecule has 3 heterocycles. The van der Waals surface area contributed by atoms with E-state index >= 15 is 0 Å². The Kier molecular flexibility index (Phi) is 4.94. The van der Waals surface area contributed by atoms with Crippen LogP contribution in [0, 0.1) is 0 Å². The molecule has 0 fully saturated rings. The molecule has 2 N–H and O–H groups in total. The number of nitrogens with one attached hydrogen (secondary N) is 1. The van der Waals surface area contributed by atoms with Crippen LogP contribution in [-0.4, -0.2) is 39.0 Å². The Morgan fingerprint density at radius 2 is 1.87 bits per heavy atom. The number of aromatic nitrogens is 2. The molecule has 31 heavy (non-hydrogen) atoms. The minimum atomic E-state index is -0.907. The van der Waals surface area contributed by atoms with Crippen molar-refractivity contribution >= 4 is 23.4 Å². The third-order valence-corrected chi connectivity index (χ3v) is 5.16. The van der Waals surface area contributed by atoms with Crippen molar-refractivity contribution in [3.63, 3.8) is 0 Å². The van der Waals surface area contributed by atoms with Crippen molar-refractivity contribution in [2.45, 2.75) is 32.5 Å². The van der Waals surface area contributed by atoms with Gasteiger partial charge in [-0.25, -0.2) is 9.88 Å². The number of rotatable bonds is 4. The first kappa shape index (κ1) is 20.5. The fraction of sp³-hybridized carbons (Fsp3) is 0.286. The number of hydrogen-bond acceptors (Lipinski definition) is 7. The first-order valence-corrected chi connectivity index (χ1v) is 9.61. The van der Waals surface area contributed by atoms with E-state index < -0.39 is 40.3 Å². The first-order chi connectivity index (χ1) is 14.7. The second-order valence-electron chi connectivity index (χ2n) is 7.60. The molecule has 0 radical (unpaired) electrons. The molecule has 10 heteroatoms. The molecule has 2 aliphatic rings. The van der Waals surface area contributed by atoms with Gasteiger partial charge in [0.15, 0.2) is 5.69 Å². The normalized spacial score (nSPS) is 17.0. The number of anilines is 1. The predicted octanol–water partition coefficient (Wildman–Crippen LogP) is 0.574. The summed E-state index contributed by atoms with van der Waals surface area (Å²) in [6, 6.07) is 6.61. The van der Waals surface area contributed by atoms with Crippen molar-refractivity contribution in [1.82, 2.24) is 14.9 Å². The number of imide groups is 1. The van der Waals surface area contributed by atoms with E-state index in [-0.39, 0.29) is 25.5 Å².